The fourth-order valence-corrected chi connectivity index (χ4v) is 1.96. The number of nitro groups is 1. The van der Waals surface area contributed by atoms with Crippen LogP contribution < -0.4 is 5.32 Å². The fourth-order valence-electron chi connectivity index (χ4n) is 1.78. The van der Waals surface area contributed by atoms with Crippen LogP contribution in [0, 0.1) is 17.0 Å². The zero-order valence-electron chi connectivity index (χ0n) is 11.0. The number of amides is 1. The van der Waals surface area contributed by atoms with Crippen molar-refractivity contribution in [2.24, 2.45) is 0 Å². The Morgan fingerprint density at radius 2 is 2.00 bits per heavy atom. The Morgan fingerprint density at radius 3 is 2.67 bits per heavy atom. The second-order valence-corrected chi connectivity index (χ2v) is 4.81. The van der Waals surface area contributed by atoms with Gasteiger partial charge in [-0.25, -0.2) is 0 Å². The van der Waals surface area contributed by atoms with E-state index in [1.807, 2.05) is 0 Å². The lowest BCUT2D eigenvalue weighted by molar-refractivity contribution is -0.385. The number of carbonyl (C=O) groups is 1. The van der Waals surface area contributed by atoms with E-state index in [1.165, 1.54) is 0 Å². The number of anilines is 1. The SMILES string of the molecule is Cc1ccc(Cl)cc1NC(=O)c1cc(O)ccc1[N+](=O)[O-]. The third-order valence-electron chi connectivity index (χ3n) is 2.87. The zero-order valence-corrected chi connectivity index (χ0v) is 11.7. The Bertz CT molecular complexity index is 731. The van der Waals surface area contributed by atoms with Crippen LogP contribution in [0.5, 0.6) is 5.75 Å². The molecular formula is C14H11ClN2O4. The van der Waals surface area contributed by atoms with Gasteiger partial charge in [-0.1, -0.05) is 17.7 Å². The summed E-state index contributed by atoms with van der Waals surface area (Å²) in [6.45, 7) is 1.77. The van der Waals surface area contributed by atoms with Crippen molar-refractivity contribution in [3.8, 4) is 5.75 Å². The molecule has 108 valence electrons. The minimum absolute atomic E-state index is 0.223. The topological polar surface area (TPSA) is 92.5 Å². The molecule has 0 aliphatic rings. The highest BCUT2D eigenvalue weighted by Crippen LogP contribution is 2.26. The summed E-state index contributed by atoms with van der Waals surface area (Å²) in [5, 5.41) is 23.3. The van der Waals surface area contributed by atoms with Crippen molar-refractivity contribution in [2.45, 2.75) is 6.92 Å². The number of rotatable bonds is 3. The van der Waals surface area contributed by atoms with Gasteiger partial charge in [0.2, 0.25) is 0 Å². The van der Waals surface area contributed by atoms with E-state index in [2.05, 4.69) is 5.32 Å². The number of carbonyl (C=O) groups excluding carboxylic acids is 1. The van der Waals surface area contributed by atoms with Gasteiger partial charge in [-0.3, -0.25) is 14.9 Å². The molecule has 0 saturated carbocycles. The van der Waals surface area contributed by atoms with Crippen molar-refractivity contribution >= 4 is 28.9 Å². The van der Waals surface area contributed by atoms with Gasteiger partial charge in [0.05, 0.1) is 4.92 Å². The number of benzene rings is 2. The van der Waals surface area contributed by atoms with Gasteiger partial charge in [0.25, 0.3) is 11.6 Å². The summed E-state index contributed by atoms with van der Waals surface area (Å²) in [6, 6.07) is 8.21. The maximum Gasteiger partial charge on any atom is 0.282 e. The summed E-state index contributed by atoms with van der Waals surface area (Å²) in [5.41, 5.74) is 0.602. The first-order valence-electron chi connectivity index (χ1n) is 5.93. The molecule has 0 heterocycles. The molecule has 2 rings (SSSR count). The van der Waals surface area contributed by atoms with Gasteiger partial charge in [-0.2, -0.15) is 0 Å². The molecule has 0 spiro atoms. The van der Waals surface area contributed by atoms with E-state index in [9.17, 15) is 20.0 Å². The van der Waals surface area contributed by atoms with Gasteiger partial charge >= 0.3 is 0 Å². The van der Waals surface area contributed by atoms with E-state index in [1.54, 1.807) is 25.1 Å². The highest BCUT2D eigenvalue weighted by Gasteiger charge is 2.21. The minimum atomic E-state index is -0.692. The Hall–Kier alpha value is -2.60. The number of halogens is 1. The Balaban J connectivity index is 2.39. The van der Waals surface area contributed by atoms with Crippen LogP contribution in [0.1, 0.15) is 15.9 Å². The molecule has 2 aromatic carbocycles. The quantitative estimate of drug-likeness (QED) is 0.670. The van der Waals surface area contributed by atoms with Gasteiger partial charge in [0, 0.05) is 16.8 Å². The van der Waals surface area contributed by atoms with Gasteiger partial charge < -0.3 is 10.4 Å². The van der Waals surface area contributed by atoms with E-state index in [-0.39, 0.29) is 17.0 Å². The third-order valence-corrected chi connectivity index (χ3v) is 3.10. The lowest BCUT2D eigenvalue weighted by atomic mass is 10.1. The molecule has 21 heavy (non-hydrogen) atoms. The molecule has 2 N–H and O–H groups in total. The summed E-state index contributed by atoms with van der Waals surface area (Å²) < 4.78 is 0. The second-order valence-electron chi connectivity index (χ2n) is 4.37. The molecule has 0 aliphatic heterocycles. The summed E-state index contributed by atoms with van der Waals surface area (Å²) in [6.07, 6.45) is 0. The molecule has 0 atom stereocenters. The standard InChI is InChI=1S/C14H11ClN2O4/c1-8-2-3-9(15)6-12(8)16-14(19)11-7-10(18)4-5-13(11)17(20)21/h2-7,18H,1H3,(H,16,19). The lowest BCUT2D eigenvalue weighted by Crippen LogP contribution is -2.14. The predicted molar refractivity (Wildman–Crippen MR) is 78.9 cm³/mol. The third kappa shape index (κ3) is 3.29. The van der Waals surface area contributed by atoms with Crippen LogP contribution in [-0.2, 0) is 0 Å². The van der Waals surface area contributed by atoms with Crippen LogP contribution >= 0.6 is 11.6 Å². The van der Waals surface area contributed by atoms with Crippen molar-refractivity contribution < 1.29 is 14.8 Å². The largest absolute Gasteiger partial charge is 0.508 e. The first-order valence-corrected chi connectivity index (χ1v) is 6.31. The Labute approximate surface area is 125 Å². The predicted octanol–water partition coefficient (Wildman–Crippen LogP) is 3.51. The van der Waals surface area contributed by atoms with Crippen molar-refractivity contribution in [1.29, 1.82) is 0 Å². The lowest BCUT2D eigenvalue weighted by Gasteiger charge is -2.09. The molecule has 0 saturated heterocycles. The minimum Gasteiger partial charge on any atom is -0.508 e. The highest BCUT2D eigenvalue weighted by molar-refractivity contribution is 6.31. The van der Waals surface area contributed by atoms with E-state index < -0.39 is 10.8 Å². The molecule has 0 fully saturated rings. The monoisotopic (exact) mass is 306 g/mol. The molecule has 6 nitrogen and oxygen atoms in total. The van der Waals surface area contributed by atoms with Crippen LogP contribution in [0.2, 0.25) is 5.02 Å². The van der Waals surface area contributed by atoms with Crippen LogP contribution in [0.15, 0.2) is 36.4 Å². The molecular weight excluding hydrogens is 296 g/mol. The number of nitrogens with zero attached hydrogens (tertiary/aromatic N) is 1. The van der Waals surface area contributed by atoms with Gasteiger partial charge in [0.1, 0.15) is 11.3 Å². The van der Waals surface area contributed by atoms with Gasteiger partial charge in [-0.15, -0.1) is 0 Å². The zero-order chi connectivity index (χ0) is 15.6. The second kappa shape index (κ2) is 5.80. The van der Waals surface area contributed by atoms with E-state index in [0.29, 0.717) is 10.7 Å². The molecule has 1 amide bonds. The number of nitrogens with one attached hydrogen (secondary N) is 1. The Kier molecular flexibility index (Phi) is 4.09. The fraction of sp³-hybridized carbons (Fsp3) is 0.0714. The maximum atomic E-state index is 12.2. The van der Waals surface area contributed by atoms with E-state index >= 15 is 0 Å². The average molecular weight is 307 g/mol. The number of aromatic hydroxyl groups is 1. The summed E-state index contributed by atoms with van der Waals surface area (Å²) in [5.74, 6) is -0.920. The average Bonchev–Trinajstić information content (AvgIpc) is 2.42. The molecule has 0 unspecified atom stereocenters. The van der Waals surface area contributed by atoms with Crippen molar-refractivity contribution in [3.63, 3.8) is 0 Å². The number of hydrogen-bond acceptors (Lipinski definition) is 4. The highest BCUT2D eigenvalue weighted by atomic mass is 35.5. The van der Waals surface area contributed by atoms with E-state index in [0.717, 1.165) is 23.8 Å². The maximum absolute atomic E-state index is 12.2. The molecule has 0 aliphatic carbocycles. The van der Waals surface area contributed by atoms with Crippen molar-refractivity contribution in [3.05, 3.63) is 62.7 Å². The first kappa shape index (κ1) is 14.8. The van der Waals surface area contributed by atoms with E-state index in [4.69, 9.17) is 11.6 Å². The normalized spacial score (nSPS) is 10.2. The van der Waals surface area contributed by atoms with Crippen molar-refractivity contribution in [1.82, 2.24) is 0 Å². The summed E-state index contributed by atoms with van der Waals surface area (Å²) in [7, 11) is 0. The molecule has 0 bridgehead atoms. The number of phenolic OH excluding ortho intramolecular Hbond substituents is 1. The van der Waals surface area contributed by atoms with Gasteiger partial charge in [-0.05, 0) is 36.8 Å². The number of hydrogen-bond donors (Lipinski definition) is 2. The van der Waals surface area contributed by atoms with Crippen molar-refractivity contribution in [2.75, 3.05) is 5.32 Å². The van der Waals surface area contributed by atoms with Crippen LogP contribution in [0.25, 0.3) is 0 Å². The van der Waals surface area contributed by atoms with Crippen LogP contribution in [0.3, 0.4) is 0 Å². The van der Waals surface area contributed by atoms with Crippen LogP contribution in [-0.4, -0.2) is 15.9 Å². The Morgan fingerprint density at radius 1 is 1.29 bits per heavy atom. The number of nitro benzene ring substituents is 1. The smallest absolute Gasteiger partial charge is 0.282 e. The molecule has 2 aromatic rings. The number of aryl methyl sites for hydroxylation is 1. The first-order chi connectivity index (χ1) is 9.88. The molecule has 0 radical (unpaired) electrons. The molecule has 7 heteroatoms. The van der Waals surface area contributed by atoms with Gasteiger partial charge in [0.15, 0.2) is 0 Å². The van der Waals surface area contributed by atoms with Crippen LogP contribution in [0.4, 0.5) is 11.4 Å². The number of phenols is 1. The summed E-state index contributed by atoms with van der Waals surface area (Å²) >= 11 is 5.85. The molecule has 0 aromatic heterocycles. The summed E-state index contributed by atoms with van der Waals surface area (Å²) in [4.78, 5) is 22.4.